The first kappa shape index (κ1) is 29.2. The minimum absolute atomic E-state index is 0.129. The van der Waals surface area contributed by atoms with E-state index in [0.29, 0.717) is 5.56 Å². The molecule has 0 amide bonds. The van der Waals surface area contributed by atoms with E-state index in [0.717, 1.165) is 42.5 Å². The number of hydrogen-bond donors (Lipinski definition) is 0. The Morgan fingerprint density at radius 1 is 0.524 bits per heavy atom. The van der Waals surface area contributed by atoms with Crippen LogP contribution >= 0.6 is 0 Å². The fraction of sp³-hybridized carbons (Fsp3) is 0.172. The molecule has 0 aromatic heterocycles. The predicted molar refractivity (Wildman–Crippen MR) is 127 cm³/mol. The van der Waals surface area contributed by atoms with Gasteiger partial charge >= 0.3 is 12.5 Å². The molecule has 0 saturated heterocycles. The van der Waals surface area contributed by atoms with Gasteiger partial charge in [0.05, 0.1) is 5.56 Å². The van der Waals surface area contributed by atoms with E-state index in [4.69, 9.17) is 0 Å². The lowest BCUT2D eigenvalue weighted by atomic mass is 9.96. The molecule has 0 fully saturated rings. The molecule has 0 bridgehead atoms. The van der Waals surface area contributed by atoms with Crippen LogP contribution in [0.2, 0.25) is 0 Å². The third kappa shape index (κ3) is 5.72. The summed E-state index contributed by atoms with van der Waals surface area (Å²) >= 11 is 0. The monoisotopic (exact) mass is 604 g/mol. The van der Waals surface area contributed by atoms with Gasteiger partial charge in [0.2, 0.25) is 5.75 Å². The van der Waals surface area contributed by atoms with Crippen LogP contribution in [0.3, 0.4) is 0 Å². The minimum Gasteiger partial charge on any atom is -0.429 e. The van der Waals surface area contributed by atoms with Crippen molar-refractivity contribution in [2.45, 2.75) is 31.7 Å². The highest BCUT2D eigenvalue weighted by Crippen LogP contribution is 2.40. The van der Waals surface area contributed by atoms with Crippen molar-refractivity contribution in [1.29, 1.82) is 0 Å². The van der Waals surface area contributed by atoms with Crippen LogP contribution < -0.4 is 9.47 Å². The summed E-state index contributed by atoms with van der Waals surface area (Å²) in [7, 11) is 0. The molecule has 13 heteroatoms. The van der Waals surface area contributed by atoms with Crippen molar-refractivity contribution in [1.82, 2.24) is 0 Å². The molecular weight excluding hydrogens is 589 g/mol. The number of ether oxygens (including phenoxy) is 2. The average Bonchev–Trinajstić information content (AvgIpc) is 3.32. The Bertz CT molecular complexity index is 1630. The Kier molecular flexibility index (Phi) is 7.32. The first-order valence-corrected chi connectivity index (χ1v) is 12.1. The summed E-state index contributed by atoms with van der Waals surface area (Å²) in [4.78, 5) is 0. The number of hydrogen-bond acceptors (Lipinski definition) is 2. The lowest BCUT2D eigenvalue weighted by molar-refractivity contribution is -0.276. The average molecular weight is 604 g/mol. The summed E-state index contributed by atoms with van der Waals surface area (Å²) in [6.45, 7) is 0. The van der Waals surface area contributed by atoms with Crippen LogP contribution in [-0.4, -0.2) is 6.36 Å². The van der Waals surface area contributed by atoms with Crippen LogP contribution in [0.4, 0.5) is 48.3 Å². The number of fused-ring (bicyclic) bond motifs is 1. The van der Waals surface area contributed by atoms with E-state index in [1.165, 1.54) is 0 Å². The number of benzene rings is 4. The quantitative estimate of drug-likeness (QED) is 0.204. The van der Waals surface area contributed by atoms with Gasteiger partial charge in [-0.2, -0.15) is 8.78 Å². The fourth-order valence-corrected chi connectivity index (χ4v) is 4.77. The molecule has 0 radical (unpaired) electrons. The van der Waals surface area contributed by atoms with Gasteiger partial charge in [0.25, 0.3) is 0 Å². The second-order valence-electron chi connectivity index (χ2n) is 9.35. The molecule has 0 atom stereocenters. The molecule has 1 aliphatic carbocycles. The van der Waals surface area contributed by atoms with Gasteiger partial charge in [-0.1, -0.05) is 18.2 Å². The normalized spacial score (nSPS) is 13.3. The Labute approximate surface area is 229 Å². The zero-order chi connectivity index (χ0) is 30.6. The number of alkyl halides is 5. The molecule has 0 saturated carbocycles. The maximum absolute atomic E-state index is 15.0. The third-order valence-electron chi connectivity index (χ3n) is 6.53. The molecule has 220 valence electrons. The van der Waals surface area contributed by atoms with Crippen molar-refractivity contribution in [3.8, 4) is 33.8 Å². The highest BCUT2D eigenvalue weighted by atomic mass is 19.4. The van der Waals surface area contributed by atoms with Gasteiger partial charge < -0.3 is 9.47 Å². The molecule has 2 nitrogen and oxygen atoms in total. The maximum Gasteiger partial charge on any atom is 0.573 e. The van der Waals surface area contributed by atoms with E-state index in [2.05, 4.69) is 9.47 Å². The molecule has 0 aliphatic heterocycles. The Balaban J connectivity index is 1.45. The zero-order valence-electron chi connectivity index (χ0n) is 20.8. The zero-order valence-corrected chi connectivity index (χ0v) is 20.8. The molecule has 0 spiro atoms. The summed E-state index contributed by atoms with van der Waals surface area (Å²) in [6, 6.07) is 7.27. The summed E-state index contributed by atoms with van der Waals surface area (Å²) < 4.78 is 161. The lowest BCUT2D eigenvalue weighted by Gasteiger charge is -2.21. The first-order chi connectivity index (χ1) is 19.6. The van der Waals surface area contributed by atoms with Gasteiger partial charge in [0.15, 0.2) is 11.6 Å². The van der Waals surface area contributed by atoms with E-state index in [1.54, 1.807) is 12.1 Å². The molecule has 42 heavy (non-hydrogen) atoms. The van der Waals surface area contributed by atoms with Crippen LogP contribution in [-0.2, 0) is 19.0 Å². The minimum atomic E-state index is -5.52. The topological polar surface area (TPSA) is 18.5 Å². The summed E-state index contributed by atoms with van der Waals surface area (Å²) in [5, 5.41) is 0. The van der Waals surface area contributed by atoms with Crippen molar-refractivity contribution < 1.29 is 57.8 Å². The summed E-state index contributed by atoms with van der Waals surface area (Å²) in [5.41, 5.74) is -1.04. The number of aryl methyl sites for hydroxylation is 2. The molecule has 4 aromatic rings. The predicted octanol–water partition coefficient (Wildman–Crippen LogP) is 9.37. The number of halogens is 11. The van der Waals surface area contributed by atoms with Crippen LogP contribution in [0.5, 0.6) is 11.5 Å². The van der Waals surface area contributed by atoms with Crippen LogP contribution in [0, 0.1) is 34.9 Å². The van der Waals surface area contributed by atoms with Gasteiger partial charge in [-0.3, -0.25) is 0 Å². The maximum atomic E-state index is 15.0. The van der Waals surface area contributed by atoms with E-state index in [1.807, 2.05) is 6.07 Å². The van der Waals surface area contributed by atoms with Crippen molar-refractivity contribution in [2.24, 2.45) is 0 Å². The Morgan fingerprint density at radius 3 is 1.64 bits per heavy atom. The van der Waals surface area contributed by atoms with E-state index in [9.17, 15) is 39.5 Å². The third-order valence-corrected chi connectivity index (χ3v) is 6.53. The van der Waals surface area contributed by atoms with Crippen molar-refractivity contribution >= 4 is 0 Å². The fourth-order valence-electron chi connectivity index (χ4n) is 4.77. The van der Waals surface area contributed by atoms with Crippen molar-refractivity contribution in [3.63, 3.8) is 0 Å². The van der Waals surface area contributed by atoms with Crippen molar-refractivity contribution in [3.05, 3.63) is 106 Å². The van der Waals surface area contributed by atoms with Gasteiger partial charge in [0.1, 0.15) is 34.6 Å². The van der Waals surface area contributed by atoms with Crippen LogP contribution in [0.15, 0.2) is 54.6 Å². The van der Waals surface area contributed by atoms with E-state index in [-0.39, 0.29) is 29.8 Å². The second-order valence-corrected chi connectivity index (χ2v) is 9.35. The highest BCUT2D eigenvalue weighted by Gasteiger charge is 2.42. The Morgan fingerprint density at radius 2 is 1.07 bits per heavy atom. The van der Waals surface area contributed by atoms with E-state index >= 15 is 8.78 Å². The van der Waals surface area contributed by atoms with Gasteiger partial charge in [0, 0.05) is 12.1 Å². The Hall–Kier alpha value is -4.29. The first-order valence-electron chi connectivity index (χ1n) is 12.1. The van der Waals surface area contributed by atoms with Crippen LogP contribution in [0.25, 0.3) is 22.3 Å². The molecule has 0 unspecified atom stereocenters. The van der Waals surface area contributed by atoms with Gasteiger partial charge in [-0.25, -0.2) is 26.3 Å². The molecule has 0 heterocycles. The summed E-state index contributed by atoms with van der Waals surface area (Å²) in [5.74, 6) is -14.2. The summed E-state index contributed by atoms with van der Waals surface area (Å²) in [6.07, 6.45) is -7.90. The van der Waals surface area contributed by atoms with E-state index < -0.39 is 75.6 Å². The second kappa shape index (κ2) is 10.5. The van der Waals surface area contributed by atoms with Crippen molar-refractivity contribution in [2.75, 3.05) is 0 Å². The van der Waals surface area contributed by atoms with Gasteiger partial charge in [-0.05, 0) is 71.3 Å². The standard InChI is InChI=1S/C29H15F11O2/c30-19-7-16(15-5-4-13-2-1-3-14(13)6-15)8-20(31)25(19)17-9-21(32)26(22(33)10-17)28(36,37)41-18-11-23(34)27(24(35)12-18)42-29(38,39)40/h4-12H,1-3H2. The lowest BCUT2D eigenvalue weighted by Crippen LogP contribution is -2.25. The molecule has 5 rings (SSSR count). The highest BCUT2D eigenvalue weighted by molar-refractivity contribution is 5.73. The smallest absolute Gasteiger partial charge is 0.429 e. The SMILES string of the molecule is Fc1cc(OC(F)(F)c2c(F)cc(-c3c(F)cc(-c4ccc5c(c4)CCC5)cc3F)cc2F)cc(F)c1OC(F)(F)F. The number of rotatable bonds is 6. The molecule has 1 aliphatic rings. The van der Waals surface area contributed by atoms with Crippen LogP contribution in [0.1, 0.15) is 23.1 Å². The molecular formula is C29H15F11O2. The van der Waals surface area contributed by atoms with Gasteiger partial charge in [-0.15, -0.1) is 13.2 Å². The molecule has 4 aromatic carbocycles. The molecule has 0 N–H and O–H groups in total. The largest absolute Gasteiger partial charge is 0.573 e.